The molecule has 18 heavy (non-hydrogen) atoms. The summed E-state index contributed by atoms with van der Waals surface area (Å²) in [6.07, 6.45) is 3.88. The molecule has 1 saturated heterocycles. The molecule has 0 spiro atoms. The Labute approximate surface area is 105 Å². The van der Waals surface area contributed by atoms with Crippen LogP contribution < -0.4 is 0 Å². The number of piperidine rings is 1. The van der Waals surface area contributed by atoms with Gasteiger partial charge in [-0.1, -0.05) is 0 Å². The van der Waals surface area contributed by atoms with Crippen LogP contribution in [0, 0.1) is 5.92 Å². The quantitative estimate of drug-likeness (QED) is 0.820. The molecule has 1 aliphatic heterocycles. The molecule has 1 aliphatic rings. The van der Waals surface area contributed by atoms with E-state index < -0.39 is 16.0 Å². The van der Waals surface area contributed by atoms with Gasteiger partial charge in [-0.25, -0.2) is 13.4 Å². The van der Waals surface area contributed by atoms with Crippen molar-refractivity contribution in [2.75, 3.05) is 13.1 Å². The molecular weight excluding hydrogens is 258 g/mol. The van der Waals surface area contributed by atoms with E-state index in [4.69, 9.17) is 5.11 Å². The van der Waals surface area contributed by atoms with Crippen molar-refractivity contribution >= 4 is 16.0 Å². The molecule has 2 heterocycles. The van der Waals surface area contributed by atoms with Crippen molar-refractivity contribution < 1.29 is 18.3 Å². The number of sulfonamides is 1. The summed E-state index contributed by atoms with van der Waals surface area (Å²) in [6, 6.07) is 0. The van der Waals surface area contributed by atoms with E-state index >= 15 is 0 Å². The first-order valence-electron chi connectivity index (χ1n) is 5.70. The number of aromatic nitrogens is 2. The normalized spacial score (nSPS) is 18.9. The molecule has 0 unspecified atom stereocenters. The maximum Gasteiger partial charge on any atom is 0.303 e. The van der Waals surface area contributed by atoms with Crippen LogP contribution in [0.2, 0.25) is 0 Å². The number of carboxylic acid groups (broad SMARTS) is 1. The monoisotopic (exact) mass is 273 g/mol. The van der Waals surface area contributed by atoms with Crippen LogP contribution in [0.4, 0.5) is 0 Å². The zero-order valence-electron chi connectivity index (χ0n) is 9.74. The summed E-state index contributed by atoms with van der Waals surface area (Å²) in [6.45, 7) is 0.721. The van der Waals surface area contributed by atoms with Gasteiger partial charge in [0.1, 0.15) is 0 Å². The SMILES string of the molecule is O=C(O)CC1CCN(S(=O)(=O)c2cnc[nH]2)CC1. The minimum atomic E-state index is -3.50. The Morgan fingerprint density at radius 2 is 2.17 bits per heavy atom. The van der Waals surface area contributed by atoms with Crippen molar-refractivity contribution in [2.24, 2.45) is 5.92 Å². The van der Waals surface area contributed by atoms with Gasteiger partial charge in [-0.3, -0.25) is 4.79 Å². The lowest BCUT2D eigenvalue weighted by atomic mass is 9.95. The molecule has 1 fully saturated rings. The van der Waals surface area contributed by atoms with E-state index in [1.807, 2.05) is 0 Å². The van der Waals surface area contributed by atoms with Crippen molar-refractivity contribution in [3.8, 4) is 0 Å². The van der Waals surface area contributed by atoms with Gasteiger partial charge in [-0.15, -0.1) is 0 Å². The summed E-state index contributed by atoms with van der Waals surface area (Å²) in [5.41, 5.74) is 0. The predicted octanol–water partition coefficient (Wildman–Crippen LogP) is 0.285. The van der Waals surface area contributed by atoms with Gasteiger partial charge >= 0.3 is 5.97 Å². The molecule has 7 nitrogen and oxygen atoms in total. The fraction of sp³-hybridized carbons (Fsp3) is 0.600. The van der Waals surface area contributed by atoms with Gasteiger partial charge in [0.2, 0.25) is 0 Å². The number of carboxylic acids is 1. The van der Waals surface area contributed by atoms with E-state index in [-0.39, 0.29) is 17.4 Å². The molecule has 1 aromatic rings. The minimum Gasteiger partial charge on any atom is -0.481 e. The summed E-state index contributed by atoms with van der Waals surface area (Å²) in [5.74, 6) is -0.763. The average Bonchev–Trinajstić information content (AvgIpc) is 2.83. The fourth-order valence-corrected chi connectivity index (χ4v) is 3.49. The third-order valence-corrected chi connectivity index (χ3v) is 4.95. The Kier molecular flexibility index (Phi) is 3.67. The number of H-pyrrole nitrogens is 1. The molecule has 0 aliphatic carbocycles. The third kappa shape index (κ3) is 2.70. The maximum atomic E-state index is 12.1. The van der Waals surface area contributed by atoms with Gasteiger partial charge in [-0.2, -0.15) is 4.31 Å². The lowest BCUT2D eigenvalue weighted by molar-refractivity contribution is -0.138. The van der Waals surface area contributed by atoms with Crippen molar-refractivity contribution in [3.05, 3.63) is 12.5 Å². The summed E-state index contributed by atoms with van der Waals surface area (Å²) in [5, 5.41) is 8.78. The molecule has 0 atom stereocenters. The number of hydrogen-bond acceptors (Lipinski definition) is 4. The number of nitrogens with zero attached hydrogens (tertiary/aromatic N) is 2. The van der Waals surface area contributed by atoms with E-state index in [2.05, 4.69) is 9.97 Å². The molecule has 0 saturated carbocycles. The first-order chi connectivity index (χ1) is 8.50. The summed E-state index contributed by atoms with van der Waals surface area (Å²) in [7, 11) is -3.50. The molecule has 2 rings (SSSR count). The Hall–Kier alpha value is -1.41. The van der Waals surface area contributed by atoms with Crippen LogP contribution in [0.25, 0.3) is 0 Å². The van der Waals surface area contributed by atoms with E-state index in [1.54, 1.807) is 0 Å². The Bertz CT molecular complexity index is 503. The highest BCUT2D eigenvalue weighted by Crippen LogP contribution is 2.24. The lowest BCUT2D eigenvalue weighted by Crippen LogP contribution is -2.39. The highest BCUT2D eigenvalue weighted by molar-refractivity contribution is 7.89. The minimum absolute atomic E-state index is 0.0655. The predicted molar refractivity (Wildman–Crippen MR) is 62.3 cm³/mol. The van der Waals surface area contributed by atoms with Crippen LogP contribution in [0.15, 0.2) is 17.6 Å². The van der Waals surface area contributed by atoms with E-state index in [0.717, 1.165) is 0 Å². The standard InChI is InChI=1S/C10H15N3O4S/c14-10(15)5-8-1-3-13(4-2-8)18(16,17)9-6-11-7-12-9/h6-8H,1-5H2,(H,11,12)(H,14,15). The molecule has 8 heteroatoms. The Morgan fingerprint density at radius 3 is 2.67 bits per heavy atom. The summed E-state index contributed by atoms with van der Waals surface area (Å²) >= 11 is 0. The van der Waals surface area contributed by atoms with Crippen LogP contribution in [-0.2, 0) is 14.8 Å². The van der Waals surface area contributed by atoms with Crippen LogP contribution in [0.5, 0.6) is 0 Å². The number of imidazole rings is 1. The number of carbonyl (C=O) groups is 1. The van der Waals surface area contributed by atoms with Crippen molar-refractivity contribution in [3.63, 3.8) is 0 Å². The molecule has 0 bridgehead atoms. The van der Waals surface area contributed by atoms with Crippen LogP contribution >= 0.6 is 0 Å². The third-order valence-electron chi connectivity index (χ3n) is 3.13. The highest BCUT2D eigenvalue weighted by atomic mass is 32.2. The molecule has 0 aromatic carbocycles. The average molecular weight is 273 g/mol. The van der Waals surface area contributed by atoms with E-state index in [9.17, 15) is 13.2 Å². The number of hydrogen-bond donors (Lipinski definition) is 2. The molecule has 100 valence electrons. The largest absolute Gasteiger partial charge is 0.481 e. The van der Waals surface area contributed by atoms with Crippen LogP contribution in [0.3, 0.4) is 0 Å². The van der Waals surface area contributed by atoms with Gasteiger partial charge in [0.25, 0.3) is 10.0 Å². The topological polar surface area (TPSA) is 103 Å². The fourth-order valence-electron chi connectivity index (χ4n) is 2.12. The molecule has 0 radical (unpaired) electrons. The first kappa shape index (κ1) is 13.0. The first-order valence-corrected chi connectivity index (χ1v) is 7.14. The highest BCUT2D eigenvalue weighted by Gasteiger charge is 2.30. The Morgan fingerprint density at radius 1 is 1.50 bits per heavy atom. The van der Waals surface area contributed by atoms with Gasteiger partial charge < -0.3 is 10.1 Å². The van der Waals surface area contributed by atoms with Gasteiger partial charge in [-0.05, 0) is 18.8 Å². The van der Waals surface area contributed by atoms with Gasteiger partial charge in [0, 0.05) is 19.5 Å². The second kappa shape index (κ2) is 5.07. The number of nitrogens with one attached hydrogen (secondary N) is 1. The Balaban J connectivity index is 2.00. The maximum absolute atomic E-state index is 12.1. The lowest BCUT2D eigenvalue weighted by Gasteiger charge is -2.29. The van der Waals surface area contributed by atoms with Crippen molar-refractivity contribution in [2.45, 2.75) is 24.3 Å². The molecular formula is C10H15N3O4S. The zero-order valence-corrected chi connectivity index (χ0v) is 10.6. The smallest absolute Gasteiger partial charge is 0.303 e. The van der Waals surface area contributed by atoms with Crippen molar-refractivity contribution in [1.82, 2.24) is 14.3 Å². The van der Waals surface area contributed by atoms with Crippen LogP contribution in [0.1, 0.15) is 19.3 Å². The zero-order chi connectivity index (χ0) is 13.2. The second-order valence-corrected chi connectivity index (χ2v) is 6.27. The second-order valence-electron chi connectivity index (χ2n) is 4.36. The number of aliphatic carboxylic acids is 1. The van der Waals surface area contributed by atoms with Gasteiger partial charge in [0.05, 0.1) is 12.5 Å². The molecule has 0 amide bonds. The molecule has 2 N–H and O–H groups in total. The summed E-state index contributed by atoms with van der Waals surface area (Å²) < 4.78 is 25.6. The van der Waals surface area contributed by atoms with Crippen LogP contribution in [-0.4, -0.2) is 46.9 Å². The summed E-state index contributed by atoms with van der Waals surface area (Å²) in [4.78, 5) is 16.9. The number of aromatic amines is 1. The van der Waals surface area contributed by atoms with E-state index in [1.165, 1.54) is 16.8 Å². The van der Waals surface area contributed by atoms with E-state index in [0.29, 0.717) is 25.9 Å². The van der Waals surface area contributed by atoms with Crippen molar-refractivity contribution in [1.29, 1.82) is 0 Å². The molecule has 1 aromatic heterocycles. The van der Waals surface area contributed by atoms with Gasteiger partial charge in [0.15, 0.2) is 5.03 Å². The number of rotatable bonds is 4.